The average molecular weight is 459 g/mol. The van der Waals surface area contributed by atoms with Gasteiger partial charge in [-0.25, -0.2) is 0 Å². The molecule has 0 bridgehead atoms. The summed E-state index contributed by atoms with van der Waals surface area (Å²) >= 11 is 6.87. The van der Waals surface area contributed by atoms with Crippen LogP contribution < -0.4 is 5.32 Å². The minimum Gasteiger partial charge on any atom is -0.378 e. The lowest BCUT2D eigenvalue weighted by atomic mass is 9.97. The molecule has 25 heavy (non-hydrogen) atoms. The number of nitrogens with one attached hydrogen (secondary N) is 1. The van der Waals surface area contributed by atoms with Gasteiger partial charge in [-0.05, 0) is 42.0 Å². The van der Waals surface area contributed by atoms with Crippen molar-refractivity contribution in [3.63, 3.8) is 0 Å². The molecule has 4 heteroatoms. The van der Waals surface area contributed by atoms with E-state index in [9.17, 15) is 4.79 Å². The molecule has 1 atom stereocenters. The fourth-order valence-electron chi connectivity index (χ4n) is 2.62. The first-order valence-electron chi connectivity index (χ1n) is 7.97. The van der Waals surface area contributed by atoms with Gasteiger partial charge >= 0.3 is 0 Å². The number of hydrogen-bond acceptors (Lipinski definition) is 2. The summed E-state index contributed by atoms with van der Waals surface area (Å²) in [4.78, 5) is 12.7. The molecule has 0 heterocycles. The standard InChI is InChI=1S/C21H17Br2NO/c22-17-10-6-15(7-11-17)20(24-19-4-2-1-3-5-19)14-21(25)16-8-12-18(23)13-9-16/h1-13,20,24H,14H2/t20-/m1/s1. The van der Waals surface area contributed by atoms with Crippen molar-refractivity contribution in [2.75, 3.05) is 5.32 Å². The van der Waals surface area contributed by atoms with Crippen molar-refractivity contribution in [1.29, 1.82) is 0 Å². The van der Waals surface area contributed by atoms with E-state index in [4.69, 9.17) is 0 Å². The third kappa shape index (κ3) is 5.03. The molecule has 3 rings (SSSR count). The van der Waals surface area contributed by atoms with Crippen molar-refractivity contribution in [1.82, 2.24) is 0 Å². The van der Waals surface area contributed by atoms with Crippen molar-refractivity contribution in [3.8, 4) is 0 Å². The van der Waals surface area contributed by atoms with E-state index in [-0.39, 0.29) is 11.8 Å². The third-order valence-electron chi connectivity index (χ3n) is 3.94. The molecule has 0 spiro atoms. The van der Waals surface area contributed by atoms with Crippen LogP contribution in [0.2, 0.25) is 0 Å². The number of carbonyl (C=O) groups is 1. The van der Waals surface area contributed by atoms with E-state index < -0.39 is 0 Å². The van der Waals surface area contributed by atoms with Crippen molar-refractivity contribution in [3.05, 3.63) is 98.9 Å². The zero-order valence-electron chi connectivity index (χ0n) is 13.5. The highest BCUT2D eigenvalue weighted by Crippen LogP contribution is 2.26. The van der Waals surface area contributed by atoms with Crippen LogP contribution in [0.5, 0.6) is 0 Å². The van der Waals surface area contributed by atoms with Crippen LogP contribution in [0, 0.1) is 0 Å². The number of Topliss-reactive ketones (excluding diaryl/α,β-unsaturated/α-hetero) is 1. The number of halogens is 2. The van der Waals surface area contributed by atoms with Crippen molar-refractivity contribution >= 4 is 43.3 Å². The topological polar surface area (TPSA) is 29.1 Å². The molecule has 3 aromatic rings. The molecule has 0 amide bonds. The third-order valence-corrected chi connectivity index (χ3v) is 5.00. The van der Waals surface area contributed by atoms with E-state index in [1.54, 1.807) is 0 Å². The molecule has 2 nitrogen and oxygen atoms in total. The summed E-state index contributed by atoms with van der Waals surface area (Å²) in [6.45, 7) is 0. The molecule has 0 aromatic heterocycles. The summed E-state index contributed by atoms with van der Waals surface area (Å²) in [6.07, 6.45) is 0.387. The lowest BCUT2D eigenvalue weighted by Gasteiger charge is -2.20. The van der Waals surface area contributed by atoms with E-state index in [0.717, 1.165) is 25.8 Å². The highest BCUT2D eigenvalue weighted by Gasteiger charge is 2.17. The molecule has 1 N–H and O–H groups in total. The number of hydrogen-bond donors (Lipinski definition) is 1. The summed E-state index contributed by atoms with van der Waals surface area (Å²) in [5.74, 6) is 0.115. The second kappa shape index (κ2) is 8.45. The Morgan fingerprint density at radius 3 is 1.96 bits per heavy atom. The molecule has 0 aliphatic heterocycles. The van der Waals surface area contributed by atoms with Crippen LogP contribution in [0.4, 0.5) is 5.69 Å². The van der Waals surface area contributed by atoms with Gasteiger partial charge in [0.2, 0.25) is 0 Å². The zero-order valence-corrected chi connectivity index (χ0v) is 16.6. The molecule has 0 fully saturated rings. The van der Waals surface area contributed by atoms with E-state index in [1.165, 1.54) is 0 Å². The average Bonchev–Trinajstić information content (AvgIpc) is 2.63. The number of rotatable bonds is 6. The molecule has 0 saturated carbocycles. The summed E-state index contributed by atoms with van der Waals surface area (Å²) in [5.41, 5.74) is 2.80. The Balaban J connectivity index is 1.83. The Kier molecular flexibility index (Phi) is 6.05. The smallest absolute Gasteiger partial charge is 0.165 e. The Labute approximate surface area is 164 Å². The lowest BCUT2D eigenvalue weighted by molar-refractivity contribution is 0.0976. The van der Waals surface area contributed by atoms with E-state index in [1.807, 2.05) is 78.9 Å². The van der Waals surface area contributed by atoms with Gasteiger partial charge in [0.05, 0.1) is 6.04 Å². The van der Waals surface area contributed by atoms with Crippen molar-refractivity contribution < 1.29 is 4.79 Å². The summed E-state index contributed by atoms with van der Waals surface area (Å²) in [6, 6.07) is 25.5. The minimum absolute atomic E-state index is 0.0911. The summed E-state index contributed by atoms with van der Waals surface area (Å²) < 4.78 is 1.99. The van der Waals surface area contributed by atoms with Crippen LogP contribution in [0.15, 0.2) is 87.8 Å². The Hall–Kier alpha value is -1.91. The molecular weight excluding hydrogens is 442 g/mol. The number of benzene rings is 3. The first-order valence-corrected chi connectivity index (χ1v) is 9.56. The SMILES string of the molecule is O=C(C[C@@H](Nc1ccccc1)c1ccc(Br)cc1)c1ccc(Br)cc1. The number of para-hydroxylation sites is 1. The van der Waals surface area contributed by atoms with Gasteiger partial charge in [0.1, 0.15) is 0 Å². The van der Waals surface area contributed by atoms with Crippen LogP contribution in [0.1, 0.15) is 28.4 Å². The first kappa shape index (κ1) is 17.9. The number of ketones is 1. The van der Waals surface area contributed by atoms with Crippen LogP contribution in [-0.2, 0) is 0 Å². The summed E-state index contributed by atoms with van der Waals surface area (Å²) in [5, 5.41) is 3.48. The quantitative estimate of drug-likeness (QED) is 0.419. The minimum atomic E-state index is -0.0911. The number of anilines is 1. The fraction of sp³-hybridized carbons (Fsp3) is 0.0952. The van der Waals surface area contributed by atoms with Crippen molar-refractivity contribution in [2.24, 2.45) is 0 Å². The van der Waals surface area contributed by atoms with Crippen LogP contribution in [0.3, 0.4) is 0 Å². The van der Waals surface area contributed by atoms with Gasteiger partial charge in [-0.3, -0.25) is 4.79 Å². The van der Waals surface area contributed by atoms with E-state index >= 15 is 0 Å². The predicted molar refractivity (Wildman–Crippen MR) is 110 cm³/mol. The molecule has 0 radical (unpaired) electrons. The van der Waals surface area contributed by atoms with E-state index in [0.29, 0.717) is 6.42 Å². The van der Waals surface area contributed by atoms with Gasteiger partial charge < -0.3 is 5.32 Å². The van der Waals surface area contributed by atoms with E-state index in [2.05, 4.69) is 37.2 Å². The van der Waals surface area contributed by atoms with Gasteiger partial charge in [-0.2, -0.15) is 0 Å². The zero-order chi connectivity index (χ0) is 17.6. The van der Waals surface area contributed by atoms with Crippen LogP contribution in [0.25, 0.3) is 0 Å². The molecule has 0 aliphatic carbocycles. The Morgan fingerprint density at radius 1 is 0.800 bits per heavy atom. The summed E-state index contributed by atoms with van der Waals surface area (Å²) in [7, 11) is 0. The van der Waals surface area contributed by atoms with Gasteiger partial charge in [0, 0.05) is 26.6 Å². The van der Waals surface area contributed by atoms with Gasteiger partial charge in [-0.1, -0.05) is 74.3 Å². The second-order valence-corrected chi connectivity index (χ2v) is 7.58. The van der Waals surface area contributed by atoms with Crippen LogP contribution in [-0.4, -0.2) is 5.78 Å². The maximum absolute atomic E-state index is 12.7. The molecule has 0 aliphatic rings. The maximum atomic E-state index is 12.7. The fourth-order valence-corrected chi connectivity index (χ4v) is 3.15. The van der Waals surface area contributed by atoms with Gasteiger partial charge in [0.25, 0.3) is 0 Å². The number of carbonyl (C=O) groups excluding carboxylic acids is 1. The largest absolute Gasteiger partial charge is 0.378 e. The highest BCUT2D eigenvalue weighted by atomic mass is 79.9. The molecule has 126 valence electrons. The predicted octanol–water partition coefficient (Wildman–Crippen LogP) is 6.64. The van der Waals surface area contributed by atoms with Crippen LogP contribution >= 0.6 is 31.9 Å². The monoisotopic (exact) mass is 457 g/mol. The second-order valence-electron chi connectivity index (χ2n) is 5.75. The van der Waals surface area contributed by atoms with Gasteiger partial charge in [0.15, 0.2) is 5.78 Å². The van der Waals surface area contributed by atoms with Gasteiger partial charge in [-0.15, -0.1) is 0 Å². The molecule has 3 aromatic carbocycles. The Morgan fingerprint density at radius 2 is 1.36 bits per heavy atom. The van der Waals surface area contributed by atoms with Crippen molar-refractivity contribution in [2.45, 2.75) is 12.5 Å². The Bertz CT molecular complexity index is 830. The molecule has 0 saturated heterocycles. The highest BCUT2D eigenvalue weighted by molar-refractivity contribution is 9.10. The maximum Gasteiger partial charge on any atom is 0.165 e. The normalized spacial score (nSPS) is 11.8. The first-order chi connectivity index (χ1) is 12.1. The lowest BCUT2D eigenvalue weighted by Crippen LogP contribution is -2.15. The molecular formula is C21H17Br2NO. The molecule has 0 unspecified atom stereocenters.